The zero-order valence-electron chi connectivity index (χ0n) is 20.5. The van der Waals surface area contributed by atoms with Crippen LogP contribution in [0.2, 0.25) is 0 Å². The summed E-state index contributed by atoms with van der Waals surface area (Å²) in [6.45, 7) is 11.9. The van der Waals surface area contributed by atoms with E-state index in [0.29, 0.717) is 34.3 Å². The molecular formula is C25H31CaNO5S. The Morgan fingerprint density at radius 3 is 2.15 bits per heavy atom. The molecule has 33 heavy (non-hydrogen) atoms. The van der Waals surface area contributed by atoms with Crippen LogP contribution in [0.25, 0.3) is 0 Å². The molecule has 0 bridgehead atoms. The summed E-state index contributed by atoms with van der Waals surface area (Å²) in [5.41, 5.74) is 1.43. The molecule has 2 rings (SSSR count). The minimum absolute atomic E-state index is 0. The number of benzene rings is 2. The molecule has 0 aliphatic rings. The molecular weight excluding hydrogens is 466 g/mol. The molecule has 0 aliphatic carbocycles. The summed E-state index contributed by atoms with van der Waals surface area (Å²) in [5, 5.41) is 23.4. The van der Waals surface area contributed by atoms with Gasteiger partial charge in [0.15, 0.2) is 11.5 Å². The summed E-state index contributed by atoms with van der Waals surface area (Å²) in [5.74, 6) is 0.761. The van der Waals surface area contributed by atoms with E-state index in [1.54, 1.807) is 42.1 Å². The number of methoxy groups -OCH3 is 1. The van der Waals surface area contributed by atoms with Crippen molar-refractivity contribution in [3.8, 4) is 17.2 Å². The number of rotatable bonds is 8. The third-order valence-corrected chi connectivity index (χ3v) is 5.69. The number of aliphatic imine (C=N–C) groups is 1. The Morgan fingerprint density at radius 1 is 0.970 bits per heavy atom. The van der Waals surface area contributed by atoms with Crippen molar-refractivity contribution in [2.75, 3.05) is 7.11 Å². The second kappa shape index (κ2) is 12.3. The molecule has 0 radical (unpaired) electrons. The van der Waals surface area contributed by atoms with Crippen LogP contribution in [0, 0.1) is 5.41 Å². The van der Waals surface area contributed by atoms with E-state index in [-0.39, 0.29) is 54.8 Å². The average molecular weight is 498 g/mol. The number of carboxylic acids is 1. The van der Waals surface area contributed by atoms with E-state index in [4.69, 9.17) is 9.47 Å². The summed E-state index contributed by atoms with van der Waals surface area (Å²) in [7, 11) is 1.52. The summed E-state index contributed by atoms with van der Waals surface area (Å²) < 4.78 is 11.6. The Morgan fingerprint density at radius 2 is 1.61 bits per heavy atom. The topological polar surface area (TPSA) is 94.0 Å². The Bertz CT molecular complexity index is 993. The van der Waals surface area contributed by atoms with E-state index >= 15 is 0 Å². The fourth-order valence-corrected chi connectivity index (χ4v) is 3.44. The van der Waals surface area contributed by atoms with Gasteiger partial charge in [0.2, 0.25) is 0 Å². The van der Waals surface area contributed by atoms with Gasteiger partial charge in [-0.25, -0.2) is 0 Å². The molecule has 6 nitrogen and oxygen atoms in total. The molecule has 0 spiro atoms. The second-order valence-corrected chi connectivity index (χ2v) is 11.3. The van der Waals surface area contributed by atoms with Crippen molar-refractivity contribution in [3.05, 3.63) is 47.5 Å². The van der Waals surface area contributed by atoms with Crippen LogP contribution in [0.15, 0.2) is 41.4 Å². The van der Waals surface area contributed by atoms with Crippen LogP contribution >= 0.6 is 11.8 Å². The summed E-state index contributed by atoms with van der Waals surface area (Å²) in [4.78, 5) is 15.3. The van der Waals surface area contributed by atoms with Crippen LogP contribution in [0.1, 0.15) is 52.7 Å². The third kappa shape index (κ3) is 9.77. The number of carboxylic acid groups (broad SMARTS) is 1. The van der Waals surface area contributed by atoms with Gasteiger partial charge in [-0.15, -0.1) is 0 Å². The van der Waals surface area contributed by atoms with Crippen molar-refractivity contribution in [2.45, 2.75) is 58.5 Å². The smallest absolute Gasteiger partial charge is 0.861 e. The molecule has 2 aromatic rings. The number of ether oxygens (including phenoxy) is 2. The number of hydrogen-bond donors (Lipinski definition) is 0. The molecule has 0 aliphatic heterocycles. The van der Waals surface area contributed by atoms with Crippen LogP contribution in [0.5, 0.6) is 17.2 Å². The molecule has 0 aromatic heterocycles. The van der Waals surface area contributed by atoms with Gasteiger partial charge < -0.3 is 24.5 Å². The molecule has 0 saturated carbocycles. The normalized spacial score (nSPS) is 12.2. The van der Waals surface area contributed by atoms with Crippen molar-refractivity contribution in [3.63, 3.8) is 0 Å². The first-order chi connectivity index (χ1) is 14.8. The van der Waals surface area contributed by atoms with E-state index in [1.165, 1.54) is 7.11 Å². The Hall–Kier alpha value is -1.41. The van der Waals surface area contributed by atoms with Gasteiger partial charge in [-0.1, -0.05) is 47.6 Å². The Labute approximate surface area is 230 Å². The molecule has 0 N–H and O–H groups in total. The quantitative estimate of drug-likeness (QED) is 0.312. The number of carbonyl (C=O) groups excluding carboxylic acids is 1. The van der Waals surface area contributed by atoms with Crippen LogP contribution < -0.4 is 19.7 Å². The number of thioether (sulfide) groups is 1. The first kappa shape index (κ1) is 29.6. The van der Waals surface area contributed by atoms with E-state index in [2.05, 4.69) is 25.8 Å². The molecule has 2 aromatic carbocycles. The van der Waals surface area contributed by atoms with Gasteiger partial charge in [0.1, 0.15) is 5.75 Å². The van der Waals surface area contributed by atoms with Gasteiger partial charge in [-0.2, -0.15) is 11.8 Å². The first-order valence-electron chi connectivity index (χ1n) is 10.4. The Kier molecular flexibility index (Phi) is 11.1. The molecule has 0 fully saturated rings. The minimum Gasteiger partial charge on any atom is -0.861 e. The zero-order chi connectivity index (χ0) is 24.1. The SMILES string of the molecule is COc1ccc(CC(=O)[O-])cc1Oc1ccc(N=C([O-])C(C)(C)C)cc1CSC(C)(C)C.[Ca+2]. The summed E-state index contributed by atoms with van der Waals surface area (Å²) >= 11 is 1.74. The summed E-state index contributed by atoms with van der Waals surface area (Å²) in [6.07, 6.45) is -0.222. The van der Waals surface area contributed by atoms with E-state index < -0.39 is 11.4 Å². The largest absolute Gasteiger partial charge is 2.00 e. The number of carbonyl (C=O) groups is 1. The summed E-state index contributed by atoms with van der Waals surface area (Å²) in [6, 6.07) is 10.3. The van der Waals surface area contributed by atoms with E-state index in [0.717, 1.165) is 5.56 Å². The molecule has 0 atom stereocenters. The van der Waals surface area contributed by atoms with Crippen molar-refractivity contribution < 1.29 is 24.5 Å². The predicted octanol–water partition coefficient (Wildman–Crippen LogP) is 3.87. The molecule has 8 heteroatoms. The van der Waals surface area contributed by atoms with Crippen molar-refractivity contribution in [2.24, 2.45) is 10.4 Å². The minimum atomic E-state index is -1.17. The van der Waals surface area contributed by atoms with Crippen molar-refractivity contribution in [1.29, 1.82) is 0 Å². The maximum atomic E-state index is 12.4. The second-order valence-electron chi connectivity index (χ2n) is 9.50. The van der Waals surface area contributed by atoms with E-state index in [9.17, 15) is 15.0 Å². The predicted molar refractivity (Wildman–Crippen MR) is 132 cm³/mol. The van der Waals surface area contributed by atoms with Crippen molar-refractivity contribution >= 4 is 67.1 Å². The zero-order valence-corrected chi connectivity index (χ0v) is 23.5. The fraction of sp³-hybridized carbons (Fsp3) is 0.440. The van der Waals surface area contributed by atoms with Gasteiger partial charge >= 0.3 is 37.7 Å². The third-order valence-electron chi connectivity index (χ3n) is 4.37. The molecule has 174 valence electrons. The molecule has 0 amide bonds. The Balaban J connectivity index is 0.00000544. The molecule has 0 saturated heterocycles. The van der Waals surface area contributed by atoms with Gasteiger partial charge in [0.05, 0.1) is 12.8 Å². The monoisotopic (exact) mass is 497 g/mol. The van der Waals surface area contributed by atoms with Gasteiger partial charge in [-0.3, -0.25) is 4.99 Å². The van der Waals surface area contributed by atoms with Crippen LogP contribution in [0.3, 0.4) is 0 Å². The maximum absolute atomic E-state index is 12.4. The van der Waals surface area contributed by atoms with Gasteiger partial charge in [-0.05, 0) is 47.2 Å². The average Bonchev–Trinajstić information content (AvgIpc) is 2.66. The van der Waals surface area contributed by atoms with Crippen molar-refractivity contribution in [1.82, 2.24) is 0 Å². The first-order valence-corrected chi connectivity index (χ1v) is 11.3. The van der Waals surface area contributed by atoms with Crippen LogP contribution in [-0.2, 0) is 17.0 Å². The number of aliphatic carboxylic acids is 1. The number of nitrogens with zero attached hydrogens (tertiary/aromatic N) is 1. The van der Waals surface area contributed by atoms with Gasteiger partial charge in [0.25, 0.3) is 0 Å². The van der Waals surface area contributed by atoms with Crippen LogP contribution in [-0.4, -0.2) is 61.5 Å². The van der Waals surface area contributed by atoms with E-state index in [1.807, 2.05) is 26.8 Å². The standard InChI is InChI=1S/C25H33NO5S.Ca/c1-24(2,3)23(29)26-18-9-11-19(17(14-18)15-32-25(4,5)6)31-21-12-16(13-22(27)28)8-10-20(21)30-7;/h8-12,14H,13,15H2,1-7H3,(H,26,29)(H,27,28);/q;+2/p-2. The number of hydrogen-bond acceptors (Lipinski definition) is 7. The van der Waals surface area contributed by atoms with Gasteiger partial charge in [0, 0.05) is 28.5 Å². The molecule has 0 heterocycles. The molecule has 0 unspecified atom stereocenters. The maximum Gasteiger partial charge on any atom is 2.00 e. The van der Waals surface area contributed by atoms with Crippen LogP contribution in [0.4, 0.5) is 5.69 Å². The fourth-order valence-electron chi connectivity index (χ4n) is 2.62.